The van der Waals surface area contributed by atoms with Crippen LogP contribution < -0.4 is 10.9 Å². The lowest BCUT2D eigenvalue weighted by Crippen LogP contribution is -2.58. The maximum absolute atomic E-state index is 9.18. The Morgan fingerprint density at radius 3 is 2.80 bits per heavy atom. The van der Waals surface area contributed by atoms with Crippen LogP contribution in [-0.4, -0.2) is 54.8 Å². The molecule has 6 heteroatoms. The quantitative estimate of drug-likeness (QED) is 0.552. The maximum Gasteiger partial charge on any atom is 0.215 e. The molecule has 3 N–H and O–H groups in total. The molecule has 2 unspecified atom stereocenters. The summed E-state index contributed by atoms with van der Waals surface area (Å²) in [6.45, 7) is 2.76. The molecule has 0 radical (unpaired) electrons. The number of nitrogens with one attached hydrogen (secondary N) is 2. The molecular formula is C9H20N4O2. The van der Waals surface area contributed by atoms with Crippen LogP contribution in [0.3, 0.4) is 0 Å². The Hall–Kier alpha value is -0.660. The summed E-state index contributed by atoms with van der Waals surface area (Å²) >= 11 is 0. The highest BCUT2D eigenvalue weighted by molar-refractivity contribution is 4.89. The van der Waals surface area contributed by atoms with Crippen molar-refractivity contribution in [3.05, 3.63) is 12.3 Å². The Labute approximate surface area is 90.4 Å². The van der Waals surface area contributed by atoms with E-state index in [1.54, 1.807) is 6.92 Å². The molecule has 0 aromatic carbocycles. The van der Waals surface area contributed by atoms with E-state index in [4.69, 9.17) is 4.74 Å². The molecule has 0 aromatic heterocycles. The monoisotopic (exact) mass is 216 g/mol. The summed E-state index contributed by atoms with van der Waals surface area (Å²) in [4.78, 5) is 0. The lowest BCUT2D eigenvalue weighted by Gasteiger charge is -2.39. The number of hydrazine groups is 2. The van der Waals surface area contributed by atoms with E-state index in [2.05, 4.69) is 10.9 Å². The van der Waals surface area contributed by atoms with Crippen molar-refractivity contribution in [2.24, 2.45) is 0 Å². The van der Waals surface area contributed by atoms with E-state index in [1.165, 1.54) is 0 Å². The first-order valence-electron chi connectivity index (χ1n) is 5.05. The van der Waals surface area contributed by atoms with Crippen LogP contribution in [0, 0.1) is 0 Å². The number of hydrogen-bond donors (Lipinski definition) is 3. The van der Waals surface area contributed by atoms with E-state index in [-0.39, 0.29) is 6.35 Å². The van der Waals surface area contributed by atoms with Gasteiger partial charge in [-0.15, -0.1) is 0 Å². The third-order valence-corrected chi connectivity index (χ3v) is 2.10. The fraction of sp³-hybridized carbons (Fsp3) is 0.778. The summed E-state index contributed by atoms with van der Waals surface area (Å²) in [5, 5.41) is 12.9. The third kappa shape index (κ3) is 3.44. The van der Waals surface area contributed by atoms with Crippen molar-refractivity contribution in [1.29, 1.82) is 0 Å². The van der Waals surface area contributed by atoms with E-state index in [0.717, 1.165) is 6.54 Å². The van der Waals surface area contributed by atoms with Gasteiger partial charge in [0.15, 0.2) is 0 Å². The second kappa shape index (κ2) is 6.04. The smallest absolute Gasteiger partial charge is 0.215 e. The normalized spacial score (nSPS) is 24.5. The van der Waals surface area contributed by atoms with Crippen molar-refractivity contribution < 1.29 is 9.84 Å². The average Bonchev–Trinajstić information content (AvgIpc) is 2.25. The number of ether oxygens (including phenoxy) is 1. The van der Waals surface area contributed by atoms with Gasteiger partial charge in [-0.05, 0) is 14.0 Å². The second-order valence-electron chi connectivity index (χ2n) is 3.40. The van der Waals surface area contributed by atoms with Crippen LogP contribution in [0.1, 0.15) is 6.92 Å². The summed E-state index contributed by atoms with van der Waals surface area (Å²) in [6.07, 6.45) is 3.21. The standard InChI is InChI=1S/C9H20N4O2/c1-8(14)7-15-9-12(10-2)5-4-6-13(9)11-3/h4-5,8-11,14H,6-7H2,1-3H3. The Morgan fingerprint density at radius 2 is 2.27 bits per heavy atom. The highest BCUT2D eigenvalue weighted by atomic mass is 16.5. The molecule has 0 aliphatic carbocycles. The summed E-state index contributed by atoms with van der Waals surface area (Å²) in [6, 6.07) is 0. The molecule has 0 fully saturated rings. The Morgan fingerprint density at radius 1 is 1.53 bits per heavy atom. The molecule has 15 heavy (non-hydrogen) atoms. The zero-order valence-corrected chi connectivity index (χ0v) is 9.47. The van der Waals surface area contributed by atoms with Crippen LogP contribution in [0.4, 0.5) is 0 Å². The van der Waals surface area contributed by atoms with E-state index in [0.29, 0.717) is 6.61 Å². The predicted molar refractivity (Wildman–Crippen MR) is 57.2 cm³/mol. The van der Waals surface area contributed by atoms with Gasteiger partial charge in [0.25, 0.3) is 0 Å². The van der Waals surface area contributed by atoms with Crippen molar-refractivity contribution in [2.45, 2.75) is 19.4 Å². The van der Waals surface area contributed by atoms with Crippen molar-refractivity contribution in [1.82, 2.24) is 20.9 Å². The first-order chi connectivity index (χ1) is 7.19. The number of aliphatic hydroxyl groups is 1. The first kappa shape index (κ1) is 12.4. The maximum atomic E-state index is 9.18. The van der Waals surface area contributed by atoms with Gasteiger partial charge >= 0.3 is 0 Å². The van der Waals surface area contributed by atoms with Crippen LogP contribution in [-0.2, 0) is 4.74 Å². The minimum Gasteiger partial charge on any atom is -0.391 e. The SMILES string of the molecule is CNN1C=CCN(NC)C1OCC(C)O. The lowest BCUT2D eigenvalue weighted by molar-refractivity contribution is -0.180. The molecule has 1 heterocycles. The Bertz CT molecular complexity index is 210. The van der Waals surface area contributed by atoms with Crippen LogP contribution >= 0.6 is 0 Å². The summed E-state index contributed by atoms with van der Waals surface area (Å²) in [5.74, 6) is 0. The van der Waals surface area contributed by atoms with Crippen LogP contribution in [0.5, 0.6) is 0 Å². The largest absolute Gasteiger partial charge is 0.391 e. The molecular weight excluding hydrogens is 196 g/mol. The van der Waals surface area contributed by atoms with Gasteiger partial charge in [0, 0.05) is 19.8 Å². The fourth-order valence-electron chi connectivity index (χ4n) is 1.37. The molecule has 0 saturated carbocycles. The zero-order valence-electron chi connectivity index (χ0n) is 9.47. The van der Waals surface area contributed by atoms with Gasteiger partial charge in [0.1, 0.15) is 0 Å². The molecule has 1 aliphatic heterocycles. The molecule has 1 aliphatic rings. The average molecular weight is 216 g/mol. The topological polar surface area (TPSA) is 60.0 Å². The number of nitrogens with zero attached hydrogens (tertiary/aromatic N) is 2. The van der Waals surface area contributed by atoms with Crippen molar-refractivity contribution in [2.75, 3.05) is 27.2 Å². The van der Waals surface area contributed by atoms with Crippen molar-refractivity contribution in [3.63, 3.8) is 0 Å². The van der Waals surface area contributed by atoms with Gasteiger partial charge in [-0.2, -0.15) is 5.01 Å². The molecule has 0 bridgehead atoms. The van der Waals surface area contributed by atoms with Crippen molar-refractivity contribution >= 4 is 0 Å². The molecule has 0 spiro atoms. The predicted octanol–water partition coefficient (Wildman–Crippen LogP) is -0.932. The highest BCUT2D eigenvalue weighted by Gasteiger charge is 2.25. The molecule has 0 amide bonds. The van der Waals surface area contributed by atoms with Crippen LogP contribution in [0.15, 0.2) is 12.3 Å². The summed E-state index contributed by atoms with van der Waals surface area (Å²) < 4.78 is 5.58. The molecule has 88 valence electrons. The number of hydrogen-bond acceptors (Lipinski definition) is 6. The molecule has 6 nitrogen and oxygen atoms in total. The van der Waals surface area contributed by atoms with E-state index >= 15 is 0 Å². The van der Waals surface area contributed by atoms with Gasteiger partial charge in [-0.3, -0.25) is 10.4 Å². The minimum absolute atomic E-state index is 0.250. The summed E-state index contributed by atoms with van der Waals surface area (Å²) in [7, 11) is 3.66. The molecule has 1 rings (SSSR count). The first-order valence-corrected chi connectivity index (χ1v) is 5.05. The van der Waals surface area contributed by atoms with E-state index in [1.807, 2.05) is 36.4 Å². The van der Waals surface area contributed by atoms with Gasteiger partial charge < -0.3 is 9.84 Å². The highest BCUT2D eigenvalue weighted by Crippen LogP contribution is 2.09. The van der Waals surface area contributed by atoms with Gasteiger partial charge in [-0.1, -0.05) is 6.08 Å². The van der Waals surface area contributed by atoms with Crippen LogP contribution in [0.2, 0.25) is 0 Å². The zero-order chi connectivity index (χ0) is 11.3. The summed E-state index contributed by atoms with van der Waals surface area (Å²) in [5.41, 5.74) is 6.04. The van der Waals surface area contributed by atoms with Gasteiger partial charge in [0.05, 0.1) is 12.7 Å². The fourth-order valence-corrected chi connectivity index (χ4v) is 1.37. The Balaban J connectivity index is 2.56. The second-order valence-corrected chi connectivity index (χ2v) is 3.40. The van der Waals surface area contributed by atoms with E-state index < -0.39 is 6.10 Å². The molecule has 0 aromatic rings. The van der Waals surface area contributed by atoms with Gasteiger partial charge in [0.2, 0.25) is 6.35 Å². The number of aliphatic hydroxyl groups excluding tert-OH is 1. The lowest BCUT2D eigenvalue weighted by atomic mass is 10.4. The Kier molecular flexibility index (Phi) is 5.00. The van der Waals surface area contributed by atoms with Crippen molar-refractivity contribution in [3.8, 4) is 0 Å². The van der Waals surface area contributed by atoms with E-state index in [9.17, 15) is 5.11 Å². The molecule has 0 saturated heterocycles. The third-order valence-electron chi connectivity index (χ3n) is 2.10. The number of rotatable bonds is 5. The minimum atomic E-state index is -0.465. The molecule has 2 atom stereocenters. The van der Waals surface area contributed by atoms with Crippen LogP contribution in [0.25, 0.3) is 0 Å². The van der Waals surface area contributed by atoms with Gasteiger partial charge in [-0.25, -0.2) is 5.43 Å².